The number of hydrogen-bond donors (Lipinski definition) is 0. The number of aryl methyl sites for hydroxylation is 1. The lowest BCUT2D eigenvalue weighted by molar-refractivity contribution is -0.131. The summed E-state index contributed by atoms with van der Waals surface area (Å²) in [6.45, 7) is 4.05. The monoisotopic (exact) mass is 316 g/mol. The van der Waals surface area contributed by atoms with Gasteiger partial charge in [-0.15, -0.1) is 0 Å². The minimum atomic E-state index is 0.122. The highest BCUT2D eigenvalue weighted by Crippen LogP contribution is 2.35. The molecule has 2 aromatic rings. The van der Waals surface area contributed by atoms with Crippen molar-refractivity contribution in [1.29, 1.82) is 0 Å². The molecule has 0 N–H and O–H groups in total. The lowest BCUT2D eigenvalue weighted by atomic mass is 10.0. The minimum Gasteiger partial charge on any atom is -0.340 e. The van der Waals surface area contributed by atoms with E-state index in [-0.39, 0.29) is 12.5 Å². The van der Waals surface area contributed by atoms with Crippen molar-refractivity contribution in [2.24, 2.45) is 0 Å². The smallest absolute Gasteiger partial charge is 0.244 e. The molecule has 1 atom stereocenters. The van der Waals surface area contributed by atoms with E-state index in [1.807, 2.05) is 16.7 Å². The van der Waals surface area contributed by atoms with Crippen molar-refractivity contribution in [3.63, 3.8) is 0 Å². The van der Waals surface area contributed by atoms with Gasteiger partial charge in [0.15, 0.2) is 0 Å². The first kappa shape index (κ1) is 15.1. The van der Waals surface area contributed by atoms with Crippen molar-refractivity contribution < 1.29 is 4.79 Å². The topological polar surface area (TPSA) is 51.0 Å². The third-order valence-corrected chi connectivity index (χ3v) is 5.30. The van der Waals surface area contributed by atoms with E-state index in [0.29, 0.717) is 5.25 Å². The zero-order chi connectivity index (χ0) is 15.4. The summed E-state index contributed by atoms with van der Waals surface area (Å²) in [6, 6.07) is 8.55. The molecule has 0 unspecified atom stereocenters. The predicted octanol–water partition coefficient (Wildman–Crippen LogP) is 2.29. The molecule has 5 nitrogen and oxygen atoms in total. The number of benzene rings is 1. The van der Waals surface area contributed by atoms with Crippen molar-refractivity contribution >= 4 is 17.7 Å². The SMILES string of the molecule is Cc1ccccc1[C@@H]1CCN(C(=O)Cn2cncn2)CCS1. The number of thioether (sulfide) groups is 1. The number of amides is 1. The van der Waals surface area contributed by atoms with Crippen LogP contribution in [0.4, 0.5) is 0 Å². The summed E-state index contributed by atoms with van der Waals surface area (Å²) in [7, 11) is 0. The van der Waals surface area contributed by atoms with Crippen LogP contribution in [0.1, 0.15) is 22.8 Å². The lowest BCUT2D eigenvalue weighted by Gasteiger charge is -2.20. The second kappa shape index (κ2) is 6.96. The van der Waals surface area contributed by atoms with Crippen LogP contribution in [0.15, 0.2) is 36.9 Å². The lowest BCUT2D eigenvalue weighted by Crippen LogP contribution is -2.35. The normalized spacial score (nSPS) is 19.0. The molecule has 1 saturated heterocycles. The number of carbonyl (C=O) groups is 1. The number of carbonyl (C=O) groups excluding carboxylic acids is 1. The van der Waals surface area contributed by atoms with Crippen LogP contribution in [0.25, 0.3) is 0 Å². The first-order valence-electron chi connectivity index (χ1n) is 7.51. The van der Waals surface area contributed by atoms with Gasteiger partial charge in [0.2, 0.25) is 5.91 Å². The first-order valence-corrected chi connectivity index (χ1v) is 8.56. The third-order valence-electron chi connectivity index (χ3n) is 3.99. The van der Waals surface area contributed by atoms with Crippen molar-refractivity contribution in [3.8, 4) is 0 Å². The van der Waals surface area contributed by atoms with Crippen LogP contribution >= 0.6 is 11.8 Å². The number of aromatic nitrogens is 3. The van der Waals surface area contributed by atoms with Gasteiger partial charge < -0.3 is 4.90 Å². The Kier molecular flexibility index (Phi) is 4.77. The Bertz CT molecular complexity index is 629. The highest BCUT2D eigenvalue weighted by Gasteiger charge is 2.23. The van der Waals surface area contributed by atoms with Gasteiger partial charge in [-0.25, -0.2) is 9.67 Å². The minimum absolute atomic E-state index is 0.122. The first-order chi connectivity index (χ1) is 10.7. The van der Waals surface area contributed by atoms with Gasteiger partial charge in [-0.2, -0.15) is 16.9 Å². The molecule has 0 saturated carbocycles. The molecule has 1 amide bonds. The summed E-state index contributed by atoms with van der Waals surface area (Å²) >= 11 is 1.95. The van der Waals surface area contributed by atoms with Crippen LogP contribution in [0.3, 0.4) is 0 Å². The predicted molar refractivity (Wildman–Crippen MR) is 87.6 cm³/mol. The van der Waals surface area contributed by atoms with E-state index in [1.54, 1.807) is 11.0 Å². The van der Waals surface area contributed by atoms with Gasteiger partial charge in [-0.05, 0) is 24.5 Å². The maximum Gasteiger partial charge on any atom is 0.244 e. The van der Waals surface area contributed by atoms with Gasteiger partial charge >= 0.3 is 0 Å². The van der Waals surface area contributed by atoms with Crippen LogP contribution in [0.5, 0.6) is 0 Å². The maximum absolute atomic E-state index is 12.4. The summed E-state index contributed by atoms with van der Waals surface area (Å²) in [6.07, 6.45) is 4.04. The summed E-state index contributed by atoms with van der Waals surface area (Å²) < 4.78 is 1.58. The van der Waals surface area contributed by atoms with Gasteiger partial charge in [0, 0.05) is 24.1 Å². The molecule has 1 aliphatic heterocycles. The van der Waals surface area contributed by atoms with E-state index in [9.17, 15) is 4.79 Å². The van der Waals surface area contributed by atoms with E-state index in [4.69, 9.17) is 0 Å². The maximum atomic E-state index is 12.4. The Balaban J connectivity index is 1.62. The van der Waals surface area contributed by atoms with Crippen LogP contribution in [-0.4, -0.2) is 44.4 Å². The molecule has 22 heavy (non-hydrogen) atoms. The van der Waals surface area contributed by atoms with Crippen LogP contribution in [-0.2, 0) is 11.3 Å². The van der Waals surface area contributed by atoms with E-state index in [1.165, 1.54) is 17.5 Å². The summed E-state index contributed by atoms with van der Waals surface area (Å²) in [5, 5.41) is 4.48. The molecule has 2 heterocycles. The van der Waals surface area contributed by atoms with Gasteiger partial charge in [-0.1, -0.05) is 24.3 Å². The molecule has 0 spiro atoms. The van der Waals surface area contributed by atoms with Crippen LogP contribution in [0.2, 0.25) is 0 Å². The molecule has 0 bridgehead atoms. The average molecular weight is 316 g/mol. The number of hydrogen-bond acceptors (Lipinski definition) is 4. The molecule has 0 aliphatic carbocycles. The highest BCUT2D eigenvalue weighted by atomic mass is 32.2. The summed E-state index contributed by atoms with van der Waals surface area (Å²) in [5.74, 6) is 1.10. The van der Waals surface area contributed by atoms with Crippen LogP contribution in [0, 0.1) is 6.92 Å². The van der Waals surface area contributed by atoms with Gasteiger partial charge in [0.1, 0.15) is 19.2 Å². The standard InChI is InChI=1S/C16H20N4OS/c1-13-4-2-3-5-14(13)15-6-7-19(8-9-22-15)16(21)10-20-12-17-11-18-20/h2-5,11-12,15H,6-10H2,1H3/t15-/m0/s1. The Labute approximate surface area is 134 Å². The molecule has 1 aliphatic rings. The fraction of sp³-hybridized carbons (Fsp3) is 0.438. The van der Waals surface area contributed by atoms with E-state index < -0.39 is 0 Å². The second-order valence-corrected chi connectivity index (χ2v) is 6.79. The van der Waals surface area contributed by atoms with Gasteiger partial charge in [0.05, 0.1) is 0 Å². The van der Waals surface area contributed by atoms with Crippen molar-refractivity contribution in [1.82, 2.24) is 19.7 Å². The Hall–Kier alpha value is -1.82. The largest absolute Gasteiger partial charge is 0.340 e. The van der Waals surface area contributed by atoms with E-state index >= 15 is 0 Å². The Morgan fingerprint density at radius 1 is 1.36 bits per heavy atom. The van der Waals surface area contributed by atoms with Crippen LogP contribution < -0.4 is 0 Å². The zero-order valence-corrected chi connectivity index (χ0v) is 13.5. The number of rotatable bonds is 3. The average Bonchev–Trinajstić information content (AvgIpc) is 2.90. The second-order valence-electron chi connectivity index (χ2n) is 5.48. The molecular weight excluding hydrogens is 296 g/mol. The highest BCUT2D eigenvalue weighted by molar-refractivity contribution is 7.99. The molecule has 1 aromatic carbocycles. The van der Waals surface area contributed by atoms with E-state index in [0.717, 1.165) is 25.3 Å². The van der Waals surface area contributed by atoms with Crippen molar-refractivity contribution in [2.45, 2.75) is 25.1 Å². The Morgan fingerprint density at radius 3 is 3.00 bits per heavy atom. The van der Waals surface area contributed by atoms with E-state index in [2.05, 4.69) is 41.3 Å². The van der Waals surface area contributed by atoms with Gasteiger partial charge in [-0.3, -0.25) is 4.79 Å². The molecule has 6 heteroatoms. The quantitative estimate of drug-likeness (QED) is 0.872. The van der Waals surface area contributed by atoms with Crippen molar-refractivity contribution in [2.75, 3.05) is 18.8 Å². The molecule has 0 radical (unpaired) electrons. The summed E-state index contributed by atoms with van der Waals surface area (Å²) in [5.41, 5.74) is 2.74. The molecule has 3 rings (SSSR count). The molecular formula is C16H20N4OS. The number of nitrogens with zero attached hydrogens (tertiary/aromatic N) is 4. The molecule has 1 fully saturated rings. The summed E-state index contributed by atoms with van der Waals surface area (Å²) in [4.78, 5) is 18.2. The molecule has 1 aromatic heterocycles. The third kappa shape index (κ3) is 3.50. The molecule has 116 valence electrons. The van der Waals surface area contributed by atoms with Gasteiger partial charge in [0.25, 0.3) is 0 Å². The fourth-order valence-electron chi connectivity index (χ4n) is 2.77. The van der Waals surface area contributed by atoms with Crippen molar-refractivity contribution in [3.05, 3.63) is 48.0 Å². The fourth-order valence-corrected chi connectivity index (χ4v) is 4.10. The Morgan fingerprint density at radius 2 is 2.23 bits per heavy atom. The zero-order valence-electron chi connectivity index (χ0n) is 12.7.